The van der Waals surface area contributed by atoms with Crippen molar-refractivity contribution in [2.24, 2.45) is 0 Å². The number of benzene rings is 1. The molecule has 7 nitrogen and oxygen atoms in total. The Morgan fingerprint density at radius 1 is 1.48 bits per heavy atom. The molecule has 1 aromatic carbocycles. The Labute approximate surface area is 131 Å². The number of Topliss-reactive ketones (excluding diaryl/α,β-unsaturated/α-hetero) is 1. The molecular formula is C15H16FNO6. The molecule has 0 atom stereocenters. The standard InChI is InChI=1S/C15H16FNO6/c1-2-21-15(20)13-12(19)8-23-14(13)17-11-4-3-9(7-10(11)16)22-6-5-18/h3-4,7,17-18H,2,5-6,8H2,1H3. The minimum absolute atomic E-state index is 0.00727. The van der Waals surface area contributed by atoms with Gasteiger partial charge >= 0.3 is 5.97 Å². The second-order valence-electron chi connectivity index (χ2n) is 4.48. The highest BCUT2D eigenvalue weighted by Gasteiger charge is 2.32. The summed E-state index contributed by atoms with van der Waals surface area (Å²) in [6.45, 7) is 1.26. The van der Waals surface area contributed by atoms with E-state index in [2.05, 4.69) is 5.32 Å². The van der Waals surface area contributed by atoms with E-state index < -0.39 is 17.6 Å². The quantitative estimate of drug-likeness (QED) is 0.570. The molecule has 0 spiro atoms. The van der Waals surface area contributed by atoms with E-state index in [1.165, 1.54) is 12.1 Å². The maximum Gasteiger partial charge on any atom is 0.347 e. The zero-order valence-electron chi connectivity index (χ0n) is 12.4. The van der Waals surface area contributed by atoms with E-state index in [1.54, 1.807) is 6.92 Å². The first kappa shape index (κ1) is 16.8. The molecule has 0 saturated carbocycles. The van der Waals surface area contributed by atoms with Crippen LogP contribution in [0.2, 0.25) is 0 Å². The van der Waals surface area contributed by atoms with E-state index in [-0.39, 0.29) is 49.3 Å². The Morgan fingerprint density at radius 2 is 2.26 bits per heavy atom. The lowest BCUT2D eigenvalue weighted by atomic mass is 10.2. The molecule has 0 unspecified atom stereocenters. The first-order valence-corrected chi connectivity index (χ1v) is 6.94. The van der Waals surface area contributed by atoms with Crippen molar-refractivity contribution in [3.8, 4) is 5.75 Å². The summed E-state index contributed by atoms with van der Waals surface area (Å²) in [7, 11) is 0. The van der Waals surface area contributed by atoms with Gasteiger partial charge in [0.05, 0.1) is 18.9 Å². The number of ether oxygens (including phenoxy) is 3. The largest absolute Gasteiger partial charge is 0.491 e. The summed E-state index contributed by atoms with van der Waals surface area (Å²) in [5.41, 5.74) is -0.264. The summed E-state index contributed by atoms with van der Waals surface area (Å²) in [5, 5.41) is 11.2. The Balaban J connectivity index is 2.19. The summed E-state index contributed by atoms with van der Waals surface area (Å²) in [5.74, 6) is -1.92. The van der Waals surface area contributed by atoms with Gasteiger partial charge in [0.2, 0.25) is 11.7 Å². The number of anilines is 1. The van der Waals surface area contributed by atoms with E-state index in [9.17, 15) is 14.0 Å². The van der Waals surface area contributed by atoms with Crippen LogP contribution in [0.4, 0.5) is 10.1 Å². The second-order valence-corrected chi connectivity index (χ2v) is 4.48. The van der Waals surface area contributed by atoms with Crippen molar-refractivity contribution in [3.05, 3.63) is 35.5 Å². The predicted molar refractivity (Wildman–Crippen MR) is 77.2 cm³/mol. The van der Waals surface area contributed by atoms with Gasteiger partial charge in [0.15, 0.2) is 12.2 Å². The Kier molecular flexibility index (Phi) is 5.53. The number of rotatable bonds is 7. The number of carbonyl (C=O) groups excluding carboxylic acids is 2. The van der Waals surface area contributed by atoms with Crippen molar-refractivity contribution in [1.29, 1.82) is 0 Å². The SMILES string of the molecule is CCOC(=O)C1=C(Nc2ccc(OCCO)cc2F)OCC1=O. The number of nitrogens with one attached hydrogen (secondary N) is 1. The fourth-order valence-electron chi connectivity index (χ4n) is 1.89. The summed E-state index contributed by atoms with van der Waals surface area (Å²) >= 11 is 0. The topological polar surface area (TPSA) is 94.1 Å². The number of hydrogen-bond donors (Lipinski definition) is 2. The van der Waals surface area contributed by atoms with Crippen LogP contribution >= 0.6 is 0 Å². The van der Waals surface area contributed by atoms with Crippen molar-refractivity contribution in [3.63, 3.8) is 0 Å². The Bertz CT molecular complexity index is 643. The second kappa shape index (κ2) is 7.59. The van der Waals surface area contributed by atoms with Gasteiger partial charge in [-0.2, -0.15) is 0 Å². The predicted octanol–water partition coefficient (Wildman–Crippen LogP) is 0.983. The van der Waals surface area contributed by atoms with E-state index in [0.29, 0.717) is 0 Å². The molecule has 2 N–H and O–H groups in total. The monoisotopic (exact) mass is 325 g/mol. The maximum atomic E-state index is 14.0. The van der Waals surface area contributed by atoms with Crippen LogP contribution in [0.3, 0.4) is 0 Å². The lowest BCUT2D eigenvalue weighted by Gasteiger charge is -2.11. The normalized spacial score (nSPS) is 13.8. The third kappa shape index (κ3) is 3.98. The highest BCUT2D eigenvalue weighted by molar-refractivity contribution is 6.19. The molecule has 2 rings (SSSR count). The van der Waals surface area contributed by atoms with Crippen LogP contribution in [-0.4, -0.2) is 43.3 Å². The number of halogens is 1. The number of aliphatic hydroxyl groups excluding tert-OH is 1. The number of hydrogen-bond acceptors (Lipinski definition) is 7. The van der Waals surface area contributed by atoms with Crippen molar-refractivity contribution in [2.45, 2.75) is 6.92 Å². The van der Waals surface area contributed by atoms with Crippen molar-refractivity contribution in [2.75, 3.05) is 31.7 Å². The fourth-order valence-corrected chi connectivity index (χ4v) is 1.89. The molecule has 0 fully saturated rings. The van der Waals surface area contributed by atoms with Crippen LogP contribution in [0, 0.1) is 5.82 Å². The summed E-state index contributed by atoms with van der Waals surface area (Å²) in [6, 6.07) is 3.95. The van der Waals surface area contributed by atoms with Crippen LogP contribution in [0.1, 0.15) is 6.92 Å². The van der Waals surface area contributed by atoms with E-state index in [1.807, 2.05) is 0 Å². The summed E-state index contributed by atoms with van der Waals surface area (Å²) in [6.07, 6.45) is 0. The fraction of sp³-hybridized carbons (Fsp3) is 0.333. The third-order valence-electron chi connectivity index (χ3n) is 2.88. The Hall–Kier alpha value is -2.61. The van der Waals surface area contributed by atoms with Gasteiger partial charge in [0.1, 0.15) is 18.2 Å². The number of carbonyl (C=O) groups is 2. The number of aliphatic hydroxyl groups is 1. The molecule has 0 amide bonds. The molecule has 0 radical (unpaired) electrons. The van der Waals surface area contributed by atoms with Crippen LogP contribution < -0.4 is 10.1 Å². The minimum Gasteiger partial charge on any atom is -0.491 e. The van der Waals surface area contributed by atoms with Crippen LogP contribution in [0.25, 0.3) is 0 Å². The molecule has 124 valence electrons. The van der Waals surface area contributed by atoms with Crippen LogP contribution in [0.15, 0.2) is 29.7 Å². The van der Waals surface area contributed by atoms with Gasteiger partial charge in [-0.15, -0.1) is 0 Å². The molecule has 23 heavy (non-hydrogen) atoms. The highest BCUT2D eigenvalue weighted by atomic mass is 19.1. The van der Waals surface area contributed by atoms with Gasteiger partial charge in [-0.25, -0.2) is 9.18 Å². The zero-order valence-corrected chi connectivity index (χ0v) is 12.4. The molecule has 8 heteroatoms. The van der Waals surface area contributed by atoms with E-state index in [0.717, 1.165) is 6.07 Å². The van der Waals surface area contributed by atoms with Crippen molar-refractivity contribution < 1.29 is 33.3 Å². The highest BCUT2D eigenvalue weighted by Crippen LogP contribution is 2.25. The van der Waals surface area contributed by atoms with Crippen molar-refractivity contribution >= 4 is 17.4 Å². The average molecular weight is 325 g/mol. The molecular weight excluding hydrogens is 309 g/mol. The van der Waals surface area contributed by atoms with Crippen LogP contribution in [-0.2, 0) is 19.1 Å². The lowest BCUT2D eigenvalue weighted by molar-refractivity contribution is -0.139. The molecule has 0 aliphatic carbocycles. The molecule has 1 aromatic rings. The van der Waals surface area contributed by atoms with Gasteiger partial charge in [0.25, 0.3) is 0 Å². The van der Waals surface area contributed by atoms with Gasteiger partial charge < -0.3 is 24.6 Å². The Morgan fingerprint density at radius 3 is 2.91 bits per heavy atom. The zero-order chi connectivity index (χ0) is 16.8. The number of esters is 1. The molecule has 1 aliphatic heterocycles. The first-order valence-electron chi connectivity index (χ1n) is 6.94. The minimum atomic E-state index is -0.819. The van der Waals surface area contributed by atoms with Crippen molar-refractivity contribution in [1.82, 2.24) is 0 Å². The number of ketones is 1. The summed E-state index contributed by atoms with van der Waals surface area (Å²) < 4.78 is 29.0. The smallest absolute Gasteiger partial charge is 0.347 e. The summed E-state index contributed by atoms with van der Waals surface area (Å²) in [4.78, 5) is 23.4. The molecule has 0 bridgehead atoms. The van der Waals surface area contributed by atoms with Gasteiger partial charge in [-0.1, -0.05) is 0 Å². The first-order chi connectivity index (χ1) is 11.1. The molecule has 1 aliphatic rings. The van der Waals surface area contributed by atoms with Gasteiger partial charge in [-0.05, 0) is 19.1 Å². The third-order valence-corrected chi connectivity index (χ3v) is 2.88. The van der Waals surface area contributed by atoms with E-state index in [4.69, 9.17) is 19.3 Å². The molecule has 1 heterocycles. The van der Waals surface area contributed by atoms with Crippen LogP contribution in [0.5, 0.6) is 5.75 Å². The lowest BCUT2D eigenvalue weighted by Crippen LogP contribution is -2.16. The maximum absolute atomic E-state index is 14.0. The van der Waals surface area contributed by atoms with Gasteiger partial charge in [0, 0.05) is 6.07 Å². The molecule has 0 saturated heterocycles. The van der Waals surface area contributed by atoms with Gasteiger partial charge in [-0.3, -0.25) is 4.79 Å². The molecule has 0 aromatic heterocycles. The van der Waals surface area contributed by atoms with E-state index >= 15 is 0 Å². The average Bonchev–Trinajstić information content (AvgIpc) is 2.88.